The number of rotatable bonds is 7. The number of aliphatic hydroxyl groups excluding tert-OH is 1. The fraction of sp³-hybridized carbons (Fsp3) is 0.407. The molecule has 0 bridgehead atoms. The number of nitrogens with zero attached hydrogens (tertiary/aromatic N) is 2. The summed E-state index contributed by atoms with van der Waals surface area (Å²) >= 11 is 0. The number of aromatic nitrogens is 2. The van der Waals surface area contributed by atoms with Crippen molar-refractivity contribution in [3.63, 3.8) is 0 Å². The lowest BCUT2D eigenvalue weighted by Crippen LogP contribution is -2.43. The van der Waals surface area contributed by atoms with Crippen LogP contribution in [0.3, 0.4) is 0 Å². The molecule has 0 amide bonds. The molecule has 2 aromatic carbocycles. The van der Waals surface area contributed by atoms with Gasteiger partial charge in [-0.1, -0.05) is 37.1 Å². The molecule has 1 atom stereocenters. The standard InChI is InChI=1S/C27H31N3O3/c1-18(31)25-12-13-26(30-29-25)33-23-10-6-20(7-11-23)27(14-2-3-15-27)19-4-8-22(9-5-19)32-24-16-21(28)17-24/h4-13,18,21,24,31H,2-3,14-17,28H2,1H3. The van der Waals surface area contributed by atoms with E-state index in [0.717, 1.165) is 31.4 Å². The molecule has 2 aliphatic rings. The van der Waals surface area contributed by atoms with E-state index in [1.807, 2.05) is 12.1 Å². The molecule has 0 saturated heterocycles. The van der Waals surface area contributed by atoms with Crippen molar-refractivity contribution < 1.29 is 14.6 Å². The molecule has 3 aromatic rings. The van der Waals surface area contributed by atoms with Gasteiger partial charge in [-0.15, -0.1) is 10.2 Å². The van der Waals surface area contributed by atoms with E-state index in [0.29, 0.717) is 23.4 Å². The predicted molar refractivity (Wildman–Crippen MR) is 126 cm³/mol. The Labute approximate surface area is 194 Å². The lowest BCUT2D eigenvalue weighted by Gasteiger charge is -2.33. The van der Waals surface area contributed by atoms with Crippen LogP contribution in [0.2, 0.25) is 0 Å². The summed E-state index contributed by atoms with van der Waals surface area (Å²) in [6, 6.07) is 20.7. The average Bonchev–Trinajstić information content (AvgIpc) is 3.31. The zero-order chi connectivity index (χ0) is 22.8. The van der Waals surface area contributed by atoms with Crippen molar-refractivity contribution in [3.8, 4) is 17.4 Å². The molecule has 1 aromatic heterocycles. The van der Waals surface area contributed by atoms with Crippen LogP contribution in [0.1, 0.15) is 68.4 Å². The van der Waals surface area contributed by atoms with Crippen LogP contribution in [0.25, 0.3) is 0 Å². The summed E-state index contributed by atoms with van der Waals surface area (Å²) in [5.74, 6) is 2.05. The summed E-state index contributed by atoms with van der Waals surface area (Å²) in [6.07, 6.45) is 6.21. The highest BCUT2D eigenvalue weighted by atomic mass is 16.5. The van der Waals surface area contributed by atoms with E-state index < -0.39 is 6.10 Å². The molecule has 0 aliphatic heterocycles. The first kappa shape index (κ1) is 21.9. The predicted octanol–water partition coefficient (Wildman–Crippen LogP) is 5.05. The van der Waals surface area contributed by atoms with E-state index in [2.05, 4.69) is 46.6 Å². The topological polar surface area (TPSA) is 90.5 Å². The Hall–Kier alpha value is -2.96. The van der Waals surface area contributed by atoms with Crippen LogP contribution in [-0.2, 0) is 5.41 Å². The lowest BCUT2D eigenvalue weighted by molar-refractivity contribution is 0.101. The molecule has 1 heterocycles. The first-order valence-corrected chi connectivity index (χ1v) is 11.8. The van der Waals surface area contributed by atoms with Crippen LogP contribution in [0.5, 0.6) is 17.4 Å². The van der Waals surface area contributed by atoms with Crippen LogP contribution in [0.4, 0.5) is 0 Å². The van der Waals surface area contributed by atoms with Crippen molar-refractivity contribution in [1.29, 1.82) is 0 Å². The van der Waals surface area contributed by atoms with Gasteiger partial charge in [0, 0.05) is 17.5 Å². The van der Waals surface area contributed by atoms with E-state index >= 15 is 0 Å². The summed E-state index contributed by atoms with van der Waals surface area (Å²) in [5, 5.41) is 17.6. The third-order valence-corrected chi connectivity index (χ3v) is 7.02. The summed E-state index contributed by atoms with van der Waals surface area (Å²) in [4.78, 5) is 0. The van der Waals surface area contributed by atoms with Crippen LogP contribution in [0.15, 0.2) is 60.7 Å². The number of benzene rings is 2. The minimum Gasteiger partial charge on any atom is -0.490 e. The van der Waals surface area contributed by atoms with Gasteiger partial charge in [0.2, 0.25) is 5.88 Å². The molecule has 2 fully saturated rings. The van der Waals surface area contributed by atoms with Crippen molar-refractivity contribution in [2.24, 2.45) is 5.73 Å². The number of nitrogens with two attached hydrogens (primary N) is 1. The Morgan fingerprint density at radius 2 is 1.48 bits per heavy atom. The fourth-order valence-corrected chi connectivity index (χ4v) is 5.04. The molecule has 3 N–H and O–H groups in total. The van der Waals surface area contributed by atoms with Gasteiger partial charge in [-0.05, 0) is 74.1 Å². The second-order valence-corrected chi connectivity index (χ2v) is 9.38. The zero-order valence-corrected chi connectivity index (χ0v) is 19.0. The van der Waals surface area contributed by atoms with Crippen molar-refractivity contribution in [2.45, 2.75) is 69.1 Å². The van der Waals surface area contributed by atoms with Gasteiger partial charge in [0.05, 0.1) is 11.8 Å². The molecule has 1 unspecified atom stereocenters. The average molecular weight is 446 g/mol. The summed E-state index contributed by atoms with van der Waals surface area (Å²) in [5.41, 5.74) is 9.07. The van der Waals surface area contributed by atoms with Gasteiger partial charge in [0.15, 0.2) is 0 Å². The van der Waals surface area contributed by atoms with E-state index in [1.165, 1.54) is 24.0 Å². The Morgan fingerprint density at radius 1 is 0.879 bits per heavy atom. The third-order valence-electron chi connectivity index (χ3n) is 7.02. The summed E-state index contributed by atoms with van der Waals surface area (Å²) < 4.78 is 11.9. The highest BCUT2D eigenvalue weighted by Gasteiger charge is 2.37. The van der Waals surface area contributed by atoms with E-state index in [-0.39, 0.29) is 11.5 Å². The fourth-order valence-electron chi connectivity index (χ4n) is 5.04. The molecule has 2 aliphatic carbocycles. The highest BCUT2D eigenvalue weighted by Crippen LogP contribution is 2.47. The maximum absolute atomic E-state index is 9.58. The van der Waals surface area contributed by atoms with Gasteiger partial charge < -0.3 is 20.3 Å². The zero-order valence-electron chi connectivity index (χ0n) is 19.0. The van der Waals surface area contributed by atoms with Gasteiger partial charge >= 0.3 is 0 Å². The van der Waals surface area contributed by atoms with Crippen LogP contribution < -0.4 is 15.2 Å². The van der Waals surface area contributed by atoms with Crippen molar-refractivity contribution >= 4 is 0 Å². The van der Waals surface area contributed by atoms with Crippen LogP contribution in [-0.4, -0.2) is 27.4 Å². The Kier molecular flexibility index (Phi) is 6.04. The Bertz CT molecular complexity index is 1050. The first-order valence-electron chi connectivity index (χ1n) is 11.8. The smallest absolute Gasteiger partial charge is 0.238 e. The Morgan fingerprint density at radius 3 is 2.00 bits per heavy atom. The monoisotopic (exact) mass is 445 g/mol. The molecular formula is C27H31N3O3. The number of hydrogen-bond acceptors (Lipinski definition) is 6. The Balaban J connectivity index is 1.31. The largest absolute Gasteiger partial charge is 0.490 e. The molecule has 5 rings (SSSR count). The second kappa shape index (κ2) is 9.12. The van der Waals surface area contributed by atoms with E-state index in [9.17, 15) is 5.11 Å². The minimum atomic E-state index is -0.648. The lowest BCUT2D eigenvalue weighted by atomic mass is 9.73. The van der Waals surface area contributed by atoms with Gasteiger partial charge in [-0.3, -0.25) is 0 Å². The molecule has 33 heavy (non-hydrogen) atoms. The molecule has 0 spiro atoms. The maximum Gasteiger partial charge on any atom is 0.238 e. The molecule has 172 valence electrons. The summed E-state index contributed by atoms with van der Waals surface area (Å²) in [7, 11) is 0. The van der Waals surface area contributed by atoms with Crippen LogP contribution >= 0.6 is 0 Å². The van der Waals surface area contributed by atoms with Gasteiger partial charge in [0.25, 0.3) is 0 Å². The van der Waals surface area contributed by atoms with Gasteiger partial charge in [-0.2, -0.15) is 0 Å². The first-order chi connectivity index (χ1) is 16.0. The third kappa shape index (κ3) is 4.59. The SMILES string of the molecule is CC(O)c1ccc(Oc2ccc(C3(c4ccc(OC5CC(N)C5)cc4)CCCC3)cc2)nn1. The molecule has 6 heteroatoms. The molecular weight excluding hydrogens is 414 g/mol. The highest BCUT2D eigenvalue weighted by molar-refractivity contribution is 5.44. The summed E-state index contributed by atoms with van der Waals surface area (Å²) in [6.45, 7) is 1.66. The van der Waals surface area contributed by atoms with Gasteiger partial charge in [0.1, 0.15) is 17.6 Å². The van der Waals surface area contributed by atoms with Crippen LogP contribution in [0, 0.1) is 0 Å². The number of aliphatic hydroxyl groups is 1. The van der Waals surface area contributed by atoms with E-state index in [1.54, 1.807) is 19.1 Å². The van der Waals surface area contributed by atoms with Crippen molar-refractivity contribution in [3.05, 3.63) is 77.5 Å². The molecule has 0 radical (unpaired) electrons. The normalized spacial score (nSPS) is 22.4. The van der Waals surface area contributed by atoms with Crippen molar-refractivity contribution in [2.75, 3.05) is 0 Å². The number of hydrogen-bond donors (Lipinski definition) is 2. The maximum atomic E-state index is 9.58. The molecule has 6 nitrogen and oxygen atoms in total. The van der Waals surface area contributed by atoms with Crippen molar-refractivity contribution in [1.82, 2.24) is 10.2 Å². The minimum absolute atomic E-state index is 0.0224. The second-order valence-electron chi connectivity index (χ2n) is 9.38. The quantitative estimate of drug-likeness (QED) is 0.529. The van der Waals surface area contributed by atoms with Gasteiger partial charge in [-0.25, -0.2) is 0 Å². The molecule has 2 saturated carbocycles. The van der Waals surface area contributed by atoms with E-state index in [4.69, 9.17) is 15.2 Å². The number of ether oxygens (including phenoxy) is 2.